The van der Waals surface area contributed by atoms with Crippen LogP contribution in [0.2, 0.25) is 0 Å². The van der Waals surface area contributed by atoms with Crippen LogP contribution in [0, 0.1) is 0 Å². The number of rotatable bonds is 9. The average molecular weight is 315 g/mol. The number of sulfonamides is 1. The molecule has 0 bridgehead atoms. The van der Waals surface area contributed by atoms with Gasteiger partial charge in [0, 0.05) is 25.8 Å². The van der Waals surface area contributed by atoms with E-state index in [4.69, 9.17) is 9.47 Å². The second-order valence-corrected chi connectivity index (χ2v) is 6.21. The zero-order valence-corrected chi connectivity index (χ0v) is 13.1. The number of nitrogens with zero attached hydrogens (tertiary/aromatic N) is 1. The third-order valence-electron chi connectivity index (χ3n) is 2.94. The van der Waals surface area contributed by atoms with Crippen LogP contribution in [-0.4, -0.2) is 51.7 Å². The molecule has 0 fully saturated rings. The van der Waals surface area contributed by atoms with Crippen LogP contribution < -0.4 is 4.74 Å². The summed E-state index contributed by atoms with van der Waals surface area (Å²) >= 11 is 0. The molecule has 0 aromatic heterocycles. The van der Waals surface area contributed by atoms with Crippen LogP contribution in [0.15, 0.2) is 35.7 Å². The van der Waals surface area contributed by atoms with Crippen molar-refractivity contribution in [2.24, 2.45) is 0 Å². The topological polar surface area (TPSA) is 76.1 Å². The zero-order chi connectivity index (χ0) is 15.9. The van der Waals surface area contributed by atoms with Crippen LogP contribution in [0.1, 0.15) is 5.56 Å². The van der Waals surface area contributed by atoms with Gasteiger partial charge in [-0.25, -0.2) is 8.42 Å². The molecule has 0 saturated carbocycles. The highest BCUT2D eigenvalue weighted by atomic mass is 32.2. The van der Waals surface area contributed by atoms with E-state index in [1.165, 1.54) is 42.8 Å². The van der Waals surface area contributed by atoms with Crippen LogP contribution in [0.25, 0.3) is 0 Å². The number of hydrogen-bond donors (Lipinski definition) is 1. The van der Waals surface area contributed by atoms with E-state index in [0.717, 1.165) is 0 Å². The molecule has 0 unspecified atom stereocenters. The number of benzene rings is 1. The molecule has 0 heterocycles. The standard InChI is InChI=1S/C14H21NO5S/c1-4-7-15(8-9-19-2)21(17,18)13-5-6-14(20-3)12(10-13)11-16/h4-6,10,16H,1,7-9,11H2,2-3H3. The number of hydrogen-bond acceptors (Lipinski definition) is 5. The second kappa shape index (κ2) is 8.14. The number of methoxy groups -OCH3 is 2. The molecule has 21 heavy (non-hydrogen) atoms. The van der Waals surface area contributed by atoms with Crippen LogP contribution in [-0.2, 0) is 21.4 Å². The van der Waals surface area contributed by atoms with Crippen molar-refractivity contribution in [2.45, 2.75) is 11.5 Å². The van der Waals surface area contributed by atoms with Gasteiger partial charge in [0.2, 0.25) is 10.0 Å². The highest BCUT2D eigenvalue weighted by molar-refractivity contribution is 7.89. The first-order valence-corrected chi connectivity index (χ1v) is 7.83. The maximum absolute atomic E-state index is 12.6. The van der Waals surface area contributed by atoms with Crippen LogP contribution >= 0.6 is 0 Å². The maximum Gasteiger partial charge on any atom is 0.243 e. The molecule has 118 valence electrons. The monoisotopic (exact) mass is 315 g/mol. The lowest BCUT2D eigenvalue weighted by Crippen LogP contribution is -2.34. The predicted octanol–water partition coefficient (Wildman–Crippen LogP) is 1.01. The average Bonchev–Trinajstić information content (AvgIpc) is 2.50. The van der Waals surface area contributed by atoms with Crippen molar-refractivity contribution in [3.63, 3.8) is 0 Å². The summed E-state index contributed by atoms with van der Waals surface area (Å²) in [4.78, 5) is 0.102. The summed E-state index contributed by atoms with van der Waals surface area (Å²) in [6, 6.07) is 4.40. The normalized spacial score (nSPS) is 11.6. The van der Waals surface area contributed by atoms with Gasteiger partial charge < -0.3 is 14.6 Å². The van der Waals surface area contributed by atoms with Crippen LogP contribution in [0.5, 0.6) is 5.75 Å². The van der Waals surface area contributed by atoms with Crippen molar-refractivity contribution in [2.75, 3.05) is 33.9 Å². The van der Waals surface area contributed by atoms with E-state index < -0.39 is 10.0 Å². The fourth-order valence-electron chi connectivity index (χ4n) is 1.83. The van der Waals surface area contributed by atoms with Gasteiger partial charge >= 0.3 is 0 Å². The molecule has 0 atom stereocenters. The predicted molar refractivity (Wildman–Crippen MR) is 79.7 cm³/mol. The minimum atomic E-state index is -3.68. The molecule has 0 aliphatic carbocycles. The van der Waals surface area contributed by atoms with E-state index in [1.54, 1.807) is 0 Å². The van der Waals surface area contributed by atoms with Gasteiger partial charge in [0.05, 0.1) is 25.2 Å². The quantitative estimate of drug-likeness (QED) is 0.688. The fraction of sp³-hybridized carbons (Fsp3) is 0.429. The van der Waals surface area contributed by atoms with Gasteiger partial charge in [0.1, 0.15) is 5.75 Å². The van der Waals surface area contributed by atoms with Gasteiger partial charge in [-0.3, -0.25) is 0 Å². The Morgan fingerprint density at radius 2 is 2.10 bits per heavy atom. The van der Waals surface area contributed by atoms with Crippen molar-refractivity contribution in [1.29, 1.82) is 0 Å². The Morgan fingerprint density at radius 3 is 2.62 bits per heavy atom. The third kappa shape index (κ3) is 4.28. The molecule has 0 radical (unpaired) electrons. The van der Waals surface area contributed by atoms with E-state index in [2.05, 4.69) is 6.58 Å². The third-order valence-corrected chi connectivity index (χ3v) is 4.80. The number of aliphatic hydroxyl groups is 1. The van der Waals surface area contributed by atoms with Gasteiger partial charge in [-0.2, -0.15) is 4.31 Å². The minimum absolute atomic E-state index is 0.102. The molecular weight excluding hydrogens is 294 g/mol. The Labute approximate surface area is 125 Å². The van der Waals surface area contributed by atoms with Crippen molar-refractivity contribution in [3.8, 4) is 5.75 Å². The lowest BCUT2D eigenvalue weighted by molar-refractivity contribution is 0.182. The van der Waals surface area contributed by atoms with Gasteiger partial charge in [-0.1, -0.05) is 6.08 Å². The number of aliphatic hydroxyl groups excluding tert-OH is 1. The highest BCUT2D eigenvalue weighted by Crippen LogP contribution is 2.24. The summed E-state index contributed by atoms with van der Waals surface area (Å²) in [5, 5.41) is 9.30. The zero-order valence-electron chi connectivity index (χ0n) is 12.3. The van der Waals surface area contributed by atoms with Crippen molar-refractivity contribution >= 4 is 10.0 Å². The van der Waals surface area contributed by atoms with E-state index in [1.807, 2.05) is 0 Å². The largest absolute Gasteiger partial charge is 0.496 e. The number of ether oxygens (including phenoxy) is 2. The molecular formula is C14H21NO5S. The van der Waals surface area contributed by atoms with Crippen LogP contribution in [0.3, 0.4) is 0 Å². The lowest BCUT2D eigenvalue weighted by Gasteiger charge is -2.21. The molecule has 0 aliphatic rings. The van der Waals surface area contributed by atoms with Gasteiger partial charge in [0.25, 0.3) is 0 Å². The van der Waals surface area contributed by atoms with Gasteiger partial charge in [-0.15, -0.1) is 6.58 Å². The van der Waals surface area contributed by atoms with E-state index in [9.17, 15) is 13.5 Å². The molecule has 0 amide bonds. The molecule has 6 nitrogen and oxygen atoms in total. The minimum Gasteiger partial charge on any atom is -0.496 e. The Kier molecular flexibility index (Phi) is 6.83. The first kappa shape index (κ1) is 17.6. The summed E-state index contributed by atoms with van der Waals surface area (Å²) in [5.41, 5.74) is 0.420. The van der Waals surface area contributed by atoms with Crippen molar-refractivity contribution < 1.29 is 23.0 Å². The smallest absolute Gasteiger partial charge is 0.243 e. The molecule has 0 aliphatic heterocycles. The molecule has 1 rings (SSSR count). The van der Waals surface area contributed by atoms with Crippen molar-refractivity contribution in [3.05, 3.63) is 36.4 Å². The molecule has 0 spiro atoms. The molecule has 0 saturated heterocycles. The van der Waals surface area contributed by atoms with Crippen LogP contribution in [0.4, 0.5) is 0 Å². The summed E-state index contributed by atoms with van der Waals surface area (Å²) in [5.74, 6) is 0.448. The maximum atomic E-state index is 12.6. The molecule has 1 aromatic carbocycles. The van der Waals surface area contributed by atoms with E-state index in [-0.39, 0.29) is 31.2 Å². The second-order valence-electron chi connectivity index (χ2n) is 4.28. The van der Waals surface area contributed by atoms with E-state index in [0.29, 0.717) is 11.3 Å². The van der Waals surface area contributed by atoms with E-state index >= 15 is 0 Å². The highest BCUT2D eigenvalue weighted by Gasteiger charge is 2.24. The summed E-state index contributed by atoms with van der Waals surface area (Å²) in [7, 11) is -0.704. The molecule has 1 aromatic rings. The SMILES string of the molecule is C=CCN(CCOC)S(=O)(=O)c1ccc(OC)c(CO)c1. The first-order chi connectivity index (χ1) is 10.0. The first-order valence-electron chi connectivity index (χ1n) is 6.39. The molecule has 1 N–H and O–H groups in total. The Hall–Kier alpha value is -1.41. The van der Waals surface area contributed by atoms with Crippen molar-refractivity contribution in [1.82, 2.24) is 4.31 Å². The summed E-state index contributed by atoms with van der Waals surface area (Å²) < 4.78 is 36.5. The summed E-state index contributed by atoms with van der Waals surface area (Å²) in [6.45, 7) is 3.97. The fourth-order valence-corrected chi connectivity index (χ4v) is 3.28. The van der Waals surface area contributed by atoms with Gasteiger partial charge in [-0.05, 0) is 18.2 Å². The molecule has 7 heteroatoms. The Bertz CT molecular complexity index is 571. The Morgan fingerprint density at radius 1 is 1.38 bits per heavy atom. The lowest BCUT2D eigenvalue weighted by atomic mass is 10.2. The summed E-state index contributed by atoms with van der Waals surface area (Å²) in [6.07, 6.45) is 1.52. The van der Waals surface area contributed by atoms with Gasteiger partial charge in [0.15, 0.2) is 0 Å². The Balaban J connectivity index is 3.17.